The SMILES string of the molecule is COC(=O)c1ccccc1C(=O)Nc1nnc(-c2cccc(S(C)(=O)=O)c2)o1. The number of anilines is 1. The molecule has 1 N–H and O–H groups in total. The van der Waals surface area contributed by atoms with Crippen LogP contribution in [0.3, 0.4) is 0 Å². The largest absolute Gasteiger partial charge is 0.465 e. The zero-order valence-corrected chi connectivity index (χ0v) is 15.7. The van der Waals surface area contributed by atoms with E-state index in [-0.39, 0.29) is 27.9 Å². The van der Waals surface area contributed by atoms with Crippen LogP contribution in [-0.2, 0) is 14.6 Å². The molecule has 0 aliphatic carbocycles. The highest BCUT2D eigenvalue weighted by Crippen LogP contribution is 2.23. The highest BCUT2D eigenvalue weighted by atomic mass is 32.2. The molecule has 1 heterocycles. The molecule has 0 aliphatic rings. The fraction of sp³-hybridized carbons (Fsp3) is 0.111. The molecule has 3 aromatic rings. The third-order valence-electron chi connectivity index (χ3n) is 3.73. The van der Waals surface area contributed by atoms with E-state index in [2.05, 4.69) is 20.3 Å². The summed E-state index contributed by atoms with van der Waals surface area (Å²) in [5.41, 5.74) is 0.544. The van der Waals surface area contributed by atoms with Crippen molar-refractivity contribution in [2.24, 2.45) is 0 Å². The van der Waals surface area contributed by atoms with Gasteiger partial charge in [0.05, 0.1) is 23.1 Å². The first-order valence-electron chi connectivity index (χ1n) is 7.92. The molecule has 28 heavy (non-hydrogen) atoms. The summed E-state index contributed by atoms with van der Waals surface area (Å²) in [5, 5.41) is 9.95. The van der Waals surface area contributed by atoms with Gasteiger partial charge in [-0.25, -0.2) is 13.2 Å². The van der Waals surface area contributed by atoms with Gasteiger partial charge in [0, 0.05) is 11.8 Å². The van der Waals surface area contributed by atoms with Crippen molar-refractivity contribution in [1.29, 1.82) is 0 Å². The normalized spacial score (nSPS) is 11.1. The Balaban J connectivity index is 1.85. The van der Waals surface area contributed by atoms with Gasteiger partial charge in [0.25, 0.3) is 5.91 Å². The van der Waals surface area contributed by atoms with Crippen LogP contribution in [0.5, 0.6) is 0 Å². The molecule has 0 saturated carbocycles. The number of nitrogens with zero attached hydrogens (tertiary/aromatic N) is 2. The van der Waals surface area contributed by atoms with E-state index in [1.165, 1.54) is 31.4 Å². The van der Waals surface area contributed by atoms with Gasteiger partial charge in [-0.1, -0.05) is 23.3 Å². The summed E-state index contributed by atoms with van der Waals surface area (Å²) in [6, 6.07) is 11.9. The molecule has 2 aromatic carbocycles. The van der Waals surface area contributed by atoms with Crippen molar-refractivity contribution in [3.63, 3.8) is 0 Å². The second-order valence-electron chi connectivity index (χ2n) is 5.70. The van der Waals surface area contributed by atoms with Crippen LogP contribution in [0, 0.1) is 0 Å². The van der Waals surface area contributed by atoms with Crippen molar-refractivity contribution in [1.82, 2.24) is 10.2 Å². The molecular weight excluding hydrogens is 386 g/mol. The molecule has 10 heteroatoms. The predicted octanol–water partition coefficient (Wildman–Crippen LogP) is 2.18. The highest BCUT2D eigenvalue weighted by molar-refractivity contribution is 7.90. The van der Waals surface area contributed by atoms with Gasteiger partial charge in [-0.2, -0.15) is 0 Å². The van der Waals surface area contributed by atoms with E-state index >= 15 is 0 Å². The lowest BCUT2D eigenvalue weighted by Gasteiger charge is -2.06. The molecule has 9 nitrogen and oxygen atoms in total. The summed E-state index contributed by atoms with van der Waals surface area (Å²) in [4.78, 5) is 24.3. The average molecular weight is 401 g/mol. The first kappa shape index (κ1) is 19.2. The summed E-state index contributed by atoms with van der Waals surface area (Å²) < 4.78 is 33.4. The maximum Gasteiger partial charge on any atom is 0.338 e. The molecule has 1 amide bonds. The van der Waals surface area contributed by atoms with E-state index < -0.39 is 21.7 Å². The lowest BCUT2D eigenvalue weighted by Crippen LogP contribution is -2.17. The summed E-state index contributed by atoms with van der Waals surface area (Å²) in [5.74, 6) is -1.27. The number of amides is 1. The van der Waals surface area contributed by atoms with Crippen LogP contribution in [0.25, 0.3) is 11.5 Å². The van der Waals surface area contributed by atoms with Crippen LogP contribution >= 0.6 is 0 Å². The third kappa shape index (κ3) is 4.07. The first-order chi connectivity index (χ1) is 13.3. The molecule has 0 spiro atoms. The van der Waals surface area contributed by atoms with Crippen LogP contribution < -0.4 is 5.32 Å². The standard InChI is InChI=1S/C18H15N3O6S/c1-26-17(23)14-9-4-3-8-13(14)15(22)19-18-21-20-16(27-18)11-6-5-7-12(10-11)28(2,24)25/h3-10H,1-2H3,(H,19,21,22). The number of nitrogens with one attached hydrogen (secondary N) is 1. The quantitative estimate of drug-likeness (QED) is 0.644. The molecule has 0 unspecified atom stereocenters. The van der Waals surface area contributed by atoms with E-state index in [0.29, 0.717) is 5.56 Å². The summed E-state index contributed by atoms with van der Waals surface area (Å²) in [6.45, 7) is 0. The summed E-state index contributed by atoms with van der Waals surface area (Å²) >= 11 is 0. The molecule has 0 atom stereocenters. The topological polar surface area (TPSA) is 128 Å². The molecule has 144 valence electrons. The first-order valence-corrected chi connectivity index (χ1v) is 9.81. The van der Waals surface area contributed by atoms with Gasteiger partial charge in [-0.15, -0.1) is 5.10 Å². The van der Waals surface area contributed by atoms with Gasteiger partial charge in [-0.3, -0.25) is 10.1 Å². The number of carbonyl (C=O) groups is 2. The van der Waals surface area contributed by atoms with Crippen molar-refractivity contribution in [3.05, 3.63) is 59.7 Å². The van der Waals surface area contributed by atoms with E-state index in [1.807, 2.05) is 0 Å². The minimum Gasteiger partial charge on any atom is -0.465 e. The van der Waals surface area contributed by atoms with Crippen molar-refractivity contribution < 1.29 is 27.2 Å². The molecule has 0 radical (unpaired) electrons. The zero-order valence-electron chi connectivity index (χ0n) is 14.9. The minimum atomic E-state index is -3.40. The van der Waals surface area contributed by atoms with Gasteiger partial charge in [0.15, 0.2) is 9.84 Å². The monoisotopic (exact) mass is 401 g/mol. The van der Waals surface area contributed by atoms with Crippen molar-refractivity contribution in [2.75, 3.05) is 18.7 Å². The fourth-order valence-corrected chi connectivity index (χ4v) is 3.05. The maximum absolute atomic E-state index is 12.5. The van der Waals surface area contributed by atoms with Crippen molar-refractivity contribution >= 4 is 27.7 Å². The number of methoxy groups -OCH3 is 1. The van der Waals surface area contributed by atoms with Gasteiger partial charge < -0.3 is 9.15 Å². The number of esters is 1. The number of sulfone groups is 1. The smallest absolute Gasteiger partial charge is 0.338 e. The Labute approximate surface area is 160 Å². The van der Waals surface area contributed by atoms with E-state index in [0.717, 1.165) is 6.26 Å². The molecule has 0 saturated heterocycles. The molecular formula is C18H15N3O6S. The van der Waals surface area contributed by atoms with Gasteiger partial charge in [-0.05, 0) is 30.3 Å². The van der Waals surface area contributed by atoms with E-state index in [1.54, 1.807) is 24.3 Å². The second kappa shape index (κ2) is 7.61. The number of benzene rings is 2. The molecule has 1 aromatic heterocycles. The number of carbonyl (C=O) groups excluding carboxylic acids is 2. The van der Waals surface area contributed by atoms with Crippen LogP contribution in [0.2, 0.25) is 0 Å². The number of aromatic nitrogens is 2. The number of rotatable bonds is 5. The van der Waals surface area contributed by atoms with Crippen LogP contribution in [0.4, 0.5) is 6.01 Å². The fourth-order valence-electron chi connectivity index (χ4n) is 2.38. The number of hydrogen-bond donors (Lipinski definition) is 1. The van der Waals surface area contributed by atoms with Crippen LogP contribution in [0.1, 0.15) is 20.7 Å². The Kier molecular flexibility index (Phi) is 5.23. The van der Waals surface area contributed by atoms with Crippen molar-refractivity contribution in [2.45, 2.75) is 4.90 Å². The van der Waals surface area contributed by atoms with Gasteiger partial charge in [0.1, 0.15) is 0 Å². The Morgan fingerprint density at radius 1 is 1.04 bits per heavy atom. The van der Waals surface area contributed by atoms with Gasteiger partial charge >= 0.3 is 12.0 Å². The van der Waals surface area contributed by atoms with Gasteiger partial charge in [0.2, 0.25) is 5.89 Å². The number of hydrogen-bond acceptors (Lipinski definition) is 8. The molecule has 0 fully saturated rings. The summed E-state index contributed by atoms with van der Waals surface area (Å²) in [7, 11) is -2.19. The predicted molar refractivity (Wildman–Crippen MR) is 98.6 cm³/mol. The Hall–Kier alpha value is -3.53. The lowest BCUT2D eigenvalue weighted by molar-refractivity contribution is 0.0597. The molecule has 3 rings (SSSR count). The highest BCUT2D eigenvalue weighted by Gasteiger charge is 2.19. The third-order valence-corrected chi connectivity index (χ3v) is 4.84. The average Bonchev–Trinajstić information content (AvgIpc) is 3.15. The Morgan fingerprint density at radius 2 is 1.75 bits per heavy atom. The summed E-state index contributed by atoms with van der Waals surface area (Å²) in [6.07, 6.45) is 1.09. The second-order valence-corrected chi connectivity index (χ2v) is 7.72. The Morgan fingerprint density at radius 3 is 2.43 bits per heavy atom. The van der Waals surface area contributed by atoms with E-state index in [4.69, 9.17) is 4.42 Å². The lowest BCUT2D eigenvalue weighted by atomic mass is 10.1. The minimum absolute atomic E-state index is 0.0297. The van der Waals surface area contributed by atoms with Crippen LogP contribution in [0.15, 0.2) is 57.8 Å². The van der Waals surface area contributed by atoms with E-state index in [9.17, 15) is 18.0 Å². The maximum atomic E-state index is 12.5. The zero-order chi connectivity index (χ0) is 20.3. The van der Waals surface area contributed by atoms with Crippen LogP contribution in [-0.4, -0.2) is 43.9 Å². The van der Waals surface area contributed by atoms with Crippen molar-refractivity contribution in [3.8, 4) is 11.5 Å². The molecule has 0 aliphatic heterocycles. The Bertz CT molecular complexity index is 1150. The number of ether oxygens (including phenoxy) is 1. The molecule has 0 bridgehead atoms.